The van der Waals surface area contributed by atoms with Gasteiger partial charge >= 0.3 is 0 Å². The normalized spacial score (nSPS) is 11.6. The molecule has 0 aliphatic heterocycles. The van der Waals surface area contributed by atoms with Gasteiger partial charge in [0.2, 0.25) is 0 Å². The summed E-state index contributed by atoms with van der Waals surface area (Å²) in [6, 6.07) is 50.7. The van der Waals surface area contributed by atoms with Crippen molar-refractivity contribution in [1.82, 2.24) is 19.5 Å². The molecular weight excluding hydrogens is 557 g/mol. The van der Waals surface area contributed by atoms with Gasteiger partial charge in [-0.2, -0.15) is 0 Å². The molecule has 0 N–H and O–H groups in total. The van der Waals surface area contributed by atoms with Gasteiger partial charge in [-0.1, -0.05) is 109 Å². The molecule has 6 aromatic carbocycles. The summed E-state index contributed by atoms with van der Waals surface area (Å²) in [7, 11) is 0. The molecule has 44 heavy (non-hydrogen) atoms. The van der Waals surface area contributed by atoms with Gasteiger partial charge in [-0.25, -0.2) is 15.0 Å². The Kier molecular flexibility index (Phi) is 5.64. The number of benzene rings is 6. The van der Waals surface area contributed by atoms with Crippen LogP contribution in [0.3, 0.4) is 0 Å². The molecule has 0 aliphatic rings. The number of thiophene rings is 1. The minimum Gasteiger partial charge on any atom is -0.309 e. The van der Waals surface area contributed by atoms with E-state index in [2.05, 4.69) is 132 Å². The van der Waals surface area contributed by atoms with Crippen molar-refractivity contribution in [2.45, 2.75) is 0 Å². The fourth-order valence-electron chi connectivity index (χ4n) is 6.30. The molecule has 3 aromatic heterocycles. The predicted molar refractivity (Wildman–Crippen MR) is 183 cm³/mol. The molecular formula is C39H24N4S. The standard InChI is InChI=1S/C39H24N4S/c1-3-13-25(14-4-1)37-40-38(42-39(41-37)32-22-12-20-30-28-18-8-10-24-34(28)44-36(30)32)31-21-11-19-29-27-17-7-9-23-33(27)43(35(29)31)26-15-5-2-6-16-26/h1-24H. The van der Waals surface area contributed by atoms with Gasteiger partial charge in [0.1, 0.15) is 0 Å². The van der Waals surface area contributed by atoms with Crippen LogP contribution < -0.4 is 0 Å². The molecule has 0 fully saturated rings. The van der Waals surface area contributed by atoms with Crippen LogP contribution in [0.25, 0.3) is 81.8 Å². The van der Waals surface area contributed by atoms with E-state index >= 15 is 0 Å². The summed E-state index contributed by atoms with van der Waals surface area (Å²) in [4.78, 5) is 15.5. The molecule has 9 rings (SSSR count). The van der Waals surface area contributed by atoms with Crippen LogP contribution >= 0.6 is 11.3 Å². The largest absolute Gasteiger partial charge is 0.309 e. The molecule has 5 heteroatoms. The van der Waals surface area contributed by atoms with E-state index in [1.165, 1.54) is 25.6 Å². The highest BCUT2D eigenvalue weighted by molar-refractivity contribution is 7.26. The Morgan fingerprint density at radius 2 is 1.02 bits per heavy atom. The van der Waals surface area contributed by atoms with Crippen LogP contribution in [0.2, 0.25) is 0 Å². The third-order valence-electron chi connectivity index (χ3n) is 8.26. The SMILES string of the molecule is c1ccc(-c2nc(-c3cccc4c3sc3ccccc34)nc(-c3cccc4c5ccccc5n(-c5ccccc5)c34)n2)cc1. The average molecular weight is 581 g/mol. The summed E-state index contributed by atoms with van der Waals surface area (Å²) >= 11 is 1.79. The van der Waals surface area contributed by atoms with Gasteiger partial charge < -0.3 is 4.57 Å². The van der Waals surface area contributed by atoms with E-state index in [4.69, 9.17) is 15.0 Å². The maximum absolute atomic E-state index is 5.25. The second kappa shape index (κ2) is 9.97. The fraction of sp³-hybridized carbons (Fsp3) is 0. The van der Waals surface area contributed by atoms with Crippen LogP contribution in [0.1, 0.15) is 0 Å². The maximum Gasteiger partial charge on any atom is 0.166 e. The highest BCUT2D eigenvalue weighted by Gasteiger charge is 2.21. The molecule has 0 bridgehead atoms. The first kappa shape index (κ1) is 24.9. The van der Waals surface area contributed by atoms with Crippen molar-refractivity contribution < 1.29 is 0 Å². The first-order valence-corrected chi connectivity index (χ1v) is 15.5. The quantitative estimate of drug-likeness (QED) is 0.208. The first-order valence-electron chi connectivity index (χ1n) is 14.6. The van der Waals surface area contributed by atoms with Gasteiger partial charge in [0.25, 0.3) is 0 Å². The predicted octanol–water partition coefficient (Wildman–Crippen LogP) is 10.3. The molecule has 0 unspecified atom stereocenters. The zero-order valence-electron chi connectivity index (χ0n) is 23.6. The Morgan fingerprint density at radius 1 is 0.432 bits per heavy atom. The van der Waals surface area contributed by atoms with Crippen molar-refractivity contribution in [2.24, 2.45) is 0 Å². The highest BCUT2D eigenvalue weighted by Crippen LogP contribution is 2.41. The minimum atomic E-state index is 0.651. The Labute approximate surface area is 257 Å². The van der Waals surface area contributed by atoms with Crippen molar-refractivity contribution in [3.63, 3.8) is 0 Å². The van der Waals surface area contributed by atoms with Gasteiger partial charge in [-0.3, -0.25) is 0 Å². The van der Waals surface area contributed by atoms with Crippen LogP contribution in [-0.2, 0) is 0 Å². The number of hydrogen-bond acceptors (Lipinski definition) is 4. The molecule has 4 nitrogen and oxygen atoms in total. The fourth-order valence-corrected chi connectivity index (χ4v) is 7.51. The van der Waals surface area contributed by atoms with E-state index < -0.39 is 0 Å². The number of hydrogen-bond donors (Lipinski definition) is 0. The Bertz CT molecular complexity index is 2490. The monoisotopic (exact) mass is 580 g/mol. The average Bonchev–Trinajstić information content (AvgIpc) is 3.65. The lowest BCUT2D eigenvalue weighted by molar-refractivity contribution is 1.07. The van der Waals surface area contributed by atoms with Crippen molar-refractivity contribution in [3.05, 3.63) is 146 Å². The number of nitrogens with zero attached hydrogens (tertiary/aromatic N) is 4. The smallest absolute Gasteiger partial charge is 0.166 e. The third-order valence-corrected chi connectivity index (χ3v) is 9.48. The number of para-hydroxylation sites is 3. The van der Waals surface area contributed by atoms with Crippen molar-refractivity contribution in [2.75, 3.05) is 0 Å². The third kappa shape index (κ3) is 3.87. The number of fused-ring (bicyclic) bond motifs is 6. The minimum absolute atomic E-state index is 0.651. The molecule has 0 saturated carbocycles. The van der Waals surface area contributed by atoms with E-state index in [-0.39, 0.29) is 0 Å². The van der Waals surface area contributed by atoms with Gasteiger partial charge in [0, 0.05) is 53.3 Å². The van der Waals surface area contributed by atoms with Crippen LogP contribution in [0, 0.1) is 0 Å². The molecule has 9 aromatic rings. The van der Waals surface area contributed by atoms with Crippen molar-refractivity contribution >= 4 is 53.3 Å². The van der Waals surface area contributed by atoms with Gasteiger partial charge in [0.15, 0.2) is 17.5 Å². The molecule has 0 radical (unpaired) electrons. The van der Waals surface area contributed by atoms with Crippen LogP contribution in [0.5, 0.6) is 0 Å². The van der Waals surface area contributed by atoms with Crippen molar-refractivity contribution in [3.8, 4) is 39.9 Å². The Morgan fingerprint density at radius 3 is 1.84 bits per heavy atom. The lowest BCUT2D eigenvalue weighted by Crippen LogP contribution is -2.02. The van der Waals surface area contributed by atoms with E-state index in [0.29, 0.717) is 17.5 Å². The van der Waals surface area contributed by atoms with E-state index in [9.17, 15) is 0 Å². The topological polar surface area (TPSA) is 43.6 Å². The Hall–Kier alpha value is -5.65. The molecule has 206 valence electrons. The highest BCUT2D eigenvalue weighted by atomic mass is 32.1. The van der Waals surface area contributed by atoms with E-state index in [1.807, 2.05) is 18.2 Å². The molecule has 0 amide bonds. The van der Waals surface area contributed by atoms with Crippen LogP contribution in [0.4, 0.5) is 0 Å². The number of aromatic nitrogens is 4. The molecule has 0 aliphatic carbocycles. The lowest BCUT2D eigenvalue weighted by Gasteiger charge is -2.13. The second-order valence-electron chi connectivity index (χ2n) is 10.8. The summed E-state index contributed by atoms with van der Waals surface area (Å²) in [5.41, 5.74) is 6.26. The summed E-state index contributed by atoms with van der Waals surface area (Å²) in [5, 5.41) is 4.83. The Balaban J connectivity index is 1.37. The zero-order chi connectivity index (χ0) is 29.0. The molecule has 0 saturated heterocycles. The van der Waals surface area contributed by atoms with Gasteiger partial charge in [-0.15, -0.1) is 11.3 Å². The zero-order valence-corrected chi connectivity index (χ0v) is 24.4. The lowest BCUT2D eigenvalue weighted by atomic mass is 10.1. The first-order chi connectivity index (χ1) is 21.8. The molecule has 0 spiro atoms. The van der Waals surface area contributed by atoms with E-state index in [0.717, 1.165) is 38.8 Å². The summed E-state index contributed by atoms with van der Waals surface area (Å²) in [6.45, 7) is 0. The van der Waals surface area contributed by atoms with Gasteiger partial charge in [-0.05, 0) is 36.4 Å². The van der Waals surface area contributed by atoms with Crippen LogP contribution in [-0.4, -0.2) is 19.5 Å². The summed E-state index contributed by atoms with van der Waals surface area (Å²) < 4.78 is 4.77. The maximum atomic E-state index is 5.25. The summed E-state index contributed by atoms with van der Waals surface area (Å²) in [5.74, 6) is 1.98. The molecule has 0 atom stereocenters. The van der Waals surface area contributed by atoms with E-state index in [1.54, 1.807) is 11.3 Å². The summed E-state index contributed by atoms with van der Waals surface area (Å²) in [6.07, 6.45) is 0. The molecule has 3 heterocycles. The van der Waals surface area contributed by atoms with Crippen LogP contribution in [0.15, 0.2) is 146 Å². The number of rotatable bonds is 4. The van der Waals surface area contributed by atoms with Crippen molar-refractivity contribution in [1.29, 1.82) is 0 Å². The second-order valence-corrected chi connectivity index (χ2v) is 11.9. The van der Waals surface area contributed by atoms with Gasteiger partial charge in [0.05, 0.1) is 11.0 Å².